The summed E-state index contributed by atoms with van der Waals surface area (Å²) < 4.78 is 5.03. The first-order valence-corrected chi connectivity index (χ1v) is 4.21. The Bertz CT molecular complexity index is 301. The van der Waals surface area contributed by atoms with Crippen LogP contribution >= 0.6 is 12.6 Å². The second-order valence-electron chi connectivity index (χ2n) is 2.61. The number of carbonyl (C=O) groups excluding carboxylic acids is 1. The number of benzene rings is 1. The summed E-state index contributed by atoms with van der Waals surface area (Å²) in [7, 11) is 0. The fourth-order valence-corrected chi connectivity index (χ4v) is 1.02. The topological polar surface area (TPSA) is 52.3 Å². The lowest BCUT2D eigenvalue weighted by molar-refractivity contribution is -0.115. The zero-order valence-electron chi connectivity index (χ0n) is 7.03. The Balaban J connectivity index is 2.41. The van der Waals surface area contributed by atoms with E-state index in [0.29, 0.717) is 12.3 Å². The Morgan fingerprint density at radius 3 is 2.92 bits per heavy atom. The molecule has 1 aromatic carbocycles. The van der Waals surface area contributed by atoms with Crippen LogP contribution in [0.2, 0.25) is 0 Å². The van der Waals surface area contributed by atoms with Crippen molar-refractivity contribution in [3.8, 4) is 0 Å². The molecule has 1 radical (unpaired) electrons. The molecule has 0 atom stereocenters. The minimum absolute atomic E-state index is 0.0237. The number of rotatable bonds is 4. The number of carbonyl (C=O) groups is 1. The molecular weight excluding hydrogens is 186 g/mol. The van der Waals surface area contributed by atoms with Gasteiger partial charge >= 0.3 is 0 Å². The lowest BCUT2D eigenvalue weighted by atomic mass is 10.2. The molecule has 1 rings (SSSR count). The van der Waals surface area contributed by atoms with Gasteiger partial charge in [-0.05, 0) is 30.3 Å². The molecule has 0 fully saturated rings. The standard InChI is InChI=1S/C9H10NO2S/c10-8-3-1-2-7(4-8)5-12-6-9(11)13/h1-4H,5-6,10H2. The second-order valence-corrected chi connectivity index (χ2v) is 3.07. The van der Waals surface area contributed by atoms with E-state index in [1.54, 1.807) is 12.1 Å². The summed E-state index contributed by atoms with van der Waals surface area (Å²) in [4.78, 5) is 10.4. The monoisotopic (exact) mass is 196 g/mol. The van der Waals surface area contributed by atoms with Gasteiger partial charge in [-0.2, -0.15) is 0 Å². The number of nitrogens with two attached hydrogens (primary N) is 1. The predicted molar refractivity (Wildman–Crippen MR) is 53.1 cm³/mol. The minimum Gasteiger partial charge on any atom is -0.399 e. The van der Waals surface area contributed by atoms with E-state index < -0.39 is 0 Å². The van der Waals surface area contributed by atoms with Crippen molar-refractivity contribution in [1.82, 2.24) is 0 Å². The van der Waals surface area contributed by atoms with Crippen LogP contribution in [0.25, 0.3) is 0 Å². The molecule has 4 heteroatoms. The van der Waals surface area contributed by atoms with Gasteiger partial charge in [0.2, 0.25) is 5.12 Å². The summed E-state index contributed by atoms with van der Waals surface area (Å²) in [5.74, 6) is 0. The van der Waals surface area contributed by atoms with Crippen molar-refractivity contribution in [2.24, 2.45) is 0 Å². The van der Waals surface area contributed by atoms with E-state index in [4.69, 9.17) is 10.5 Å². The highest BCUT2D eigenvalue weighted by Gasteiger charge is 1.97. The van der Waals surface area contributed by atoms with Gasteiger partial charge in [0.1, 0.15) is 6.61 Å². The first-order chi connectivity index (χ1) is 6.18. The quantitative estimate of drug-likeness (QED) is 0.743. The van der Waals surface area contributed by atoms with Gasteiger partial charge in [-0.25, -0.2) is 0 Å². The number of nitrogen functional groups attached to an aromatic ring is 1. The van der Waals surface area contributed by atoms with Crippen LogP contribution in [-0.2, 0) is 16.1 Å². The smallest absolute Gasteiger partial charge is 0.244 e. The van der Waals surface area contributed by atoms with Crippen molar-refractivity contribution in [3.63, 3.8) is 0 Å². The van der Waals surface area contributed by atoms with Crippen LogP contribution < -0.4 is 5.73 Å². The lowest BCUT2D eigenvalue weighted by Gasteiger charge is -2.01. The molecule has 0 saturated carbocycles. The molecular formula is C9H10NO2S. The van der Waals surface area contributed by atoms with E-state index in [2.05, 4.69) is 12.6 Å². The predicted octanol–water partition coefficient (Wildman–Crippen LogP) is 1.51. The van der Waals surface area contributed by atoms with Crippen molar-refractivity contribution in [2.75, 3.05) is 12.3 Å². The van der Waals surface area contributed by atoms with Crippen LogP contribution in [0.3, 0.4) is 0 Å². The molecule has 0 aliphatic heterocycles. The first-order valence-electron chi connectivity index (χ1n) is 3.80. The van der Waals surface area contributed by atoms with E-state index in [0.717, 1.165) is 5.56 Å². The molecule has 0 bridgehead atoms. The van der Waals surface area contributed by atoms with Crippen molar-refractivity contribution in [2.45, 2.75) is 6.61 Å². The van der Waals surface area contributed by atoms with Crippen molar-refractivity contribution < 1.29 is 9.53 Å². The molecule has 0 heterocycles. The Labute approximate surface area is 82.3 Å². The van der Waals surface area contributed by atoms with Gasteiger partial charge in [0, 0.05) is 5.69 Å². The van der Waals surface area contributed by atoms with Crippen LogP contribution in [0.15, 0.2) is 24.3 Å². The van der Waals surface area contributed by atoms with Crippen LogP contribution in [0.1, 0.15) is 5.56 Å². The van der Waals surface area contributed by atoms with Crippen LogP contribution in [-0.4, -0.2) is 11.7 Å². The van der Waals surface area contributed by atoms with E-state index in [9.17, 15) is 4.79 Å². The summed E-state index contributed by atoms with van der Waals surface area (Å²) in [5.41, 5.74) is 7.17. The van der Waals surface area contributed by atoms with E-state index in [-0.39, 0.29) is 11.7 Å². The van der Waals surface area contributed by atoms with Gasteiger partial charge in [-0.15, -0.1) is 0 Å². The molecule has 0 saturated heterocycles. The maximum Gasteiger partial charge on any atom is 0.244 e. The number of ether oxygens (including phenoxy) is 1. The summed E-state index contributed by atoms with van der Waals surface area (Å²) >= 11 is 4.33. The minimum atomic E-state index is -0.385. The molecule has 69 valence electrons. The number of hydrogen-bond donors (Lipinski definition) is 1. The highest BCUT2D eigenvalue weighted by molar-refractivity contribution is 7.96. The maximum atomic E-state index is 10.4. The molecule has 0 spiro atoms. The Kier molecular flexibility index (Phi) is 3.67. The molecule has 0 unspecified atom stereocenters. The van der Waals surface area contributed by atoms with Gasteiger partial charge in [-0.1, -0.05) is 12.1 Å². The number of anilines is 1. The third-order valence-electron chi connectivity index (χ3n) is 1.44. The highest BCUT2D eigenvalue weighted by Crippen LogP contribution is 2.07. The van der Waals surface area contributed by atoms with Gasteiger partial charge in [-0.3, -0.25) is 4.79 Å². The summed E-state index contributed by atoms with van der Waals surface area (Å²) in [5, 5.41) is -0.385. The number of hydrogen-bond acceptors (Lipinski definition) is 3. The molecule has 0 aliphatic rings. The van der Waals surface area contributed by atoms with Crippen LogP contribution in [0.5, 0.6) is 0 Å². The van der Waals surface area contributed by atoms with Gasteiger partial charge in [0.15, 0.2) is 0 Å². The van der Waals surface area contributed by atoms with Gasteiger partial charge in [0.05, 0.1) is 6.61 Å². The third kappa shape index (κ3) is 3.87. The Morgan fingerprint density at radius 2 is 2.31 bits per heavy atom. The summed E-state index contributed by atoms with van der Waals surface area (Å²) in [6.45, 7) is 0.345. The molecule has 13 heavy (non-hydrogen) atoms. The zero-order chi connectivity index (χ0) is 9.68. The van der Waals surface area contributed by atoms with E-state index >= 15 is 0 Å². The van der Waals surface area contributed by atoms with Crippen molar-refractivity contribution in [1.29, 1.82) is 0 Å². The van der Waals surface area contributed by atoms with Gasteiger partial charge < -0.3 is 10.5 Å². The van der Waals surface area contributed by atoms with Crippen molar-refractivity contribution in [3.05, 3.63) is 29.8 Å². The zero-order valence-corrected chi connectivity index (χ0v) is 7.84. The second kappa shape index (κ2) is 4.79. The summed E-state index contributed by atoms with van der Waals surface area (Å²) in [6.07, 6.45) is 0. The van der Waals surface area contributed by atoms with Crippen LogP contribution in [0, 0.1) is 0 Å². The largest absolute Gasteiger partial charge is 0.399 e. The van der Waals surface area contributed by atoms with Gasteiger partial charge in [0.25, 0.3) is 0 Å². The molecule has 2 N–H and O–H groups in total. The Morgan fingerprint density at radius 1 is 1.54 bits per heavy atom. The summed E-state index contributed by atoms with van der Waals surface area (Å²) in [6, 6.07) is 7.31. The maximum absolute atomic E-state index is 10.4. The van der Waals surface area contributed by atoms with Crippen molar-refractivity contribution >= 4 is 23.4 Å². The average molecular weight is 196 g/mol. The first kappa shape index (κ1) is 9.95. The lowest BCUT2D eigenvalue weighted by Crippen LogP contribution is -2.01. The van der Waals surface area contributed by atoms with E-state index in [1.807, 2.05) is 12.1 Å². The third-order valence-corrected chi connectivity index (χ3v) is 1.56. The average Bonchev–Trinajstić information content (AvgIpc) is 2.03. The van der Waals surface area contributed by atoms with E-state index in [1.165, 1.54) is 0 Å². The fourth-order valence-electron chi connectivity index (χ4n) is 0.935. The fraction of sp³-hybridized carbons (Fsp3) is 0.222. The SMILES string of the molecule is Nc1cccc(COCC(=O)[S])c1. The Hall–Kier alpha value is -1.13. The molecule has 0 aromatic heterocycles. The molecule has 0 amide bonds. The van der Waals surface area contributed by atoms with Crippen LogP contribution in [0.4, 0.5) is 5.69 Å². The molecule has 1 aromatic rings. The molecule has 0 aliphatic carbocycles. The normalized spacial score (nSPS) is 9.85. The molecule has 3 nitrogen and oxygen atoms in total. The highest BCUT2D eigenvalue weighted by atomic mass is 32.1.